The molecule has 3 aromatic rings. The van der Waals surface area contributed by atoms with E-state index in [9.17, 15) is 24.5 Å². The Balaban J connectivity index is 1.72. The number of amides is 4. The molecule has 9 nitrogen and oxygen atoms in total. The van der Waals surface area contributed by atoms with E-state index in [4.69, 9.17) is 27.6 Å². The fourth-order valence-electron chi connectivity index (χ4n) is 3.27. The molecule has 2 heterocycles. The molecule has 0 radical (unpaired) electrons. The molecular formula is C22H13Cl2N3O6. The highest BCUT2D eigenvalue weighted by Gasteiger charge is 2.37. The summed E-state index contributed by atoms with van der Waals surface area (Å²) in [6.07, 6.45) is 1.18. The molecule has 4 rings (SSSR count). The Kier molecular flexibility index (Phi) is 5.75. The summed E-state index contributed by atoms with van der Waals surface area (Å²) in [6.45, 7) is 1.73. The first-order valence-corrected chi connectivity index (χ1v) is 10.1. The first-order valence-electron chi connectivity index (χ1n) is 9.38. The first kappa shape index (κ1) is 22.3. The van der Waals surface area contributed by atoms with Crippen LogP contribution >= 0.6 is 23.2 Å². The summed E-state index contributed by atoms with van der Waals surface area (Å²) in [7, 11) is 0. The number of hydrogen-bond donors (Lipinski definition) is 1. The van der Waals surface area contributed by atoms with Gasteiger partial charge in [0.2, 0.25) is 0 Å². The minimum Gasteiger partial charge on any atom is -0.457 e. The zero-order chi connectivity index (χ0) is 23.9. The van der Waals surface area contributed by atoms with E-state index in [1.54, 1.807) is 31.2 Å². The highest BCUT2D eigenvalue weighted by atomic mass is 35.5. The van der Waals surface area contributed by atoms with Crippen molar-refractivity contribution >= 4 is 58.5 Å². The van der Waals surface area contributed by atoms with Crippen LogP contribution < -0.4 is 10.2 Å². The first-order chi connectivity index (χ1) is 15.7. The van der Waals surface area contributed by atoms with E-state index < -0.39 is 22.8 Å². The van der Waals surface area contributed by atoms with Crippen molar-refractivity contribution in [2.24, 2.45) is 0 Å². The molecule has 0 aliphatic carbocycles. The highest BCUT2D eigenvalue weighted by Crippen LogP contribution is 2.37. The maximum absolute atomic E-state index is 13.0. The van der Waals surface area contributed by atoms with Gasteiger partial charge in [-0.1, -0.05) is 41.4 Å². The van der Waals surface area contributed by atoms with Crippen molar-refractivity contribution in [3.8, 4) is 11.3 Å². The van der Waals surface area contributed by atoms with E-state index in [1.807, 2.05) is 0 Å². The number of anilines is 1. The molecule has 1 saturated heterocycles. The van der Waals surface area contributed by atoms with Crippen LogP contribution in [-0.2, 0) is 9.59 Å². The number of rotatable bonds is 4. The summed E-state index contributed by atoms with van der Waals surface area (Å²) < 4.78 is 5.65. The van der Waals surface area contributed by atoms with Gasteiger partial charge in [-0.05, 0) is 42.8 Å². The topological polar surface area (TPSA) is 123 Å². The SMILES string of the molecule is Cc1ccccc1N1C(=O)NC(=O)/C(=C\c2ccc(-c3cc([N+](=O)[O-])c(Cl)cc3Cl)o2)C1=O. The summed E-state index contributed by atoms with van der Waals surface area (Å²) in [5.74, 6) is -1.46. The monoisotopic (exact) mass is 485 g/mol. The number of carbonyl (C=O) groups excluding carboxylic acids is 3. The molecule has 1 fully saturated rings. The summed E-state index contributed by atoms with van der Waals surface area (Å²) in [6, 6.07) is 11.2. The Bertz CT molecular complexity index is 1380. The zero-order valence-corrected chi connectivity index (χ0v) is 18.3. The number of nitrogens with zero attached hydrogens (tertiary/aromatic N) is 2. The maximum Gasteiger partial charge on any atom is 0.335 e. The molecule has 1 N–H and O–H groups in total. The minimum absolute atomic E-state index is 0.0938. The number of nitro groups is 1. The number of carbonyl (C=O) groups is 3. The maximum atomic E-state index is 13.0. The largest absolute Gasteiger partial charge is 0.457 e. The second-order valence-corrected chi connectivity index (χ2v) is 7.80. The Morgan fingerprint density at radius 3 is 2.48 bits per heavy atom. The van der Waals surface area contributed by atoms with E-state index in [0.29, 0.717) is 11.3 Å². The van der Waals surface area contributed by atoms with Crippen LogP contribution in [0.1, 0.15) is 11.3 Å². The Hall–Kier alpha value is -3.95. The molecule has 1 aliphatic heterocycles. The average Bonchev–Trinajstić information content (AvgIpc) is 3.20. The highest BCUT2D eigenvalue weighted by molar-refractivity contribution is 6.39. The van der Waals surface area contributed by atoms with Gasteiger partial charge in [0.05, 0.1) is 15.6 Å². The van der Waals surface area contributed by atoms with Crippen molar-refractivity contribution in [1.82, 2.24) is 5.32 Å². The van der Waals surface area contributed by atoms with Gasteiger partial charge in [-0.15, -0.1) is 0 Å². The predicted octanol–water partition coefficient (Wildman–Crippen LogP) is 5.14. The summed E-state index contributed by atoms with van der Waals surface area (Å²) in [5.41, 5.74) is 0.509. The zero-order valence-electron chi connectivity index (χ0n) is 16.8. The van der Waals surface area contributed by atoms with Gasteiger partial charge in [0.1, 0.15) is 22.1 Å². The molecule has 0 atom stereocenters. The molecule has 2 aromatic carbocycles. The van der Waals surface area contributed by atoms with Crippen LogP contribution in [0.5, 0.6) is 0 Å². The fourth-order valence-corrected chi connectivity index (χ4v) is 3.82. The van der Waals surface area contributed by atoms with E-state index in [2.05, 4.69) is 5.32 Å². The molecule has 1 aliphatic rings. The van der Waals surface area contributed by atoms with Crippen molar-refractivity contribution in [3.63, 3.8) is 0 Å². The third-order valence-electron chi connectivity index (χ3n) is 4.87. The minimum atomic E-state index is -0.882. The van der Waals surface area contributed by atoms with Gasteiger partial charge in [-0.3, -0.25) is 25.0 Å². The van der Waals surface area contributed by atoms with E-state index >= 15 is 0 Å². The number of aryl methyl sites for hydroxylation is 1. The Labute approximate surface area is 196 Å². The van der Waals surface area contributed by atoms with Gasteiger partial charge in [-0.25, -0.2) is 9.69 Å². The molecule has 0 saturated carbocycles. The Morgan fingerprint density at radius 1 is 1.06 bits per heavy atom. The van der Waals surface area contributed by atoms with Crippen LogP contribution in [0, 0.1) is 17.0 Å². The second kappa shape index (κ2) is 8.53. The molecule has 1 aromatic heterocycles. The summed E-state index contributed by atoms with van der Waals surface area (Å²) in [4.78, 5) is 49.1. The fraction of sp³-hybridized carbons (Fsp3) is 0.0455. The van der Waals surface area contributed by atoms with Crippen molar-refractivity contribution < 1.29 is 23.7 Å². The van der Waals surface area contributed by atoms with Crippen LogP contribution in [0.25, 0.3) is 17.4 Å². The van der Waals surface area contributed by atoms with Crippen molar-refractivity contribution in [1.29, 1.82) is 0 Å². The van der Waals surface area contributed by atoms with Crippen LogP contribution in [0.15, 0.2) is 58.5 Å². The van der Waals surface area contributed by atoms with Crippen molar-refractivity contribution in [3.05, 3.63) is 85.6 Å². The number of hydrogen-bond acceptors (Lipinski definition) is 6. The van der Waals surface area contributed by atoms with Gasteiger partial charge in [-0.2, -0.15) is 0 Å². The molecule has 11 heteroatoms. The number of imide groups is 2. The van der Waals surface area contributed by atoms with E-state index in [1.165, 1.54) is 24.3 Å². The lowest BCUT2D eigenvalue weighted by atomic mass is 10.1. The van der Waals surface area contributed by atoms with Crippen molar-refractivity contribution in [2.45, 2.75) is 6.92 Å². The molecule has 0 unspecified atom stereocenters. The third kappa shape index (κ3) is 4.11. The molecular weight excluding hydrogens is 473 g/mol. The average molecular weight is 486 g/mol. The number of para-hydroxylation sites is 1. The number of nitro benzene ring substituents is 1. The lowest BCUT2D eigenvalue weighted by molar-refractivity contribution is -0.384. The van der Waals surface area contributed by atoms with Gasteiger partial charge in [0, 0.05) is 11.6 Å². The number of barbiturate groups is 1. The van der Waals surface area contributed by atoms with Gasteiger partial charge in [0.15, 0.2) is 0 Å². The number of nitrogens with one attached hydrogen (secondary N) is 1. The number of urea groups is 1. The molecule has 0 bridgehead atoms. The van der Waals surface area contributed by atoms with Gasteiger partial charge < -0.3 is 4.42 Å². The lowest BCUT2D eigenvalue weighted by Crippen LogP contribution is -2.54. The third-order valence-corrected chi connectivity index (χ3v) is 5.49. The standard InChI is InChI=1S/C22H13Cl2N3O6/c1-11-4-2-3-5-17(11)26-21(29)14(20(28)25-22(26)30)8-12-6-7-19(33-12)13-9-18(27(31)32)16(24)10-15(13)23/h2-10H,1H3,(H,25,28,30)/b14-8+. The van der Waals surface area contributed by atoms with E-state index in [-0.39, 0.29) is 38.4 Å². The van der Waals surface area contributed by atoms with E-state index in [0.717, 1.165) is 11.0 Å². The molecule has 166 valence electrons. The van der Waals surface area contributed by atoms with Crippen molar-refractivity contribution in [2.75, 3.05) is 4.90 Å². The molecule has 0 spiro atoms. The van der Waals surface area contributed by atoms with Crippen LogP contribution in [0.2, 0.25) is 10.0 Å². The predicted molar refractivity (Wildman–Crippen MR) is 121 cm³/mol. The Morgan fingerprint density at radius 2 is 1.79 bits per heavy atom. The molecule has 33 heavy (non-hydrogen) atoms. The second-order valence-electron chi connectivity index (χ2n) is 6.99. The number of benzene rings is 2. The number of halogens is 2. The lowest BCUT2D eigenvalue weighted by Gasteiger charge is -2.27. The number of furan rings is 1. The van der Waals surface area contributed by atoms with Crippen LogP contribution in [0.4, 0.5) is 16.2 Å². The van der Waals surface area contributed by atoms with Crippen LogP contribution in [0.3, 0.4) is 0 Å². The van der Waals surface area contributed by atoms with Crippen LogP contribution in [-0.4, -0.2) is 22.8 Å². The quantitative estimate of drug-likeness (QED) is 0.236. The smallest absolute Gasteiger partial charge is 0.335 e. The summed E-state index contributed by atoms with van der Waals surface area (Å²) in [5, 5.41) is 13.3. The summed E-state index contributed by atoms with van der Waals surface area (Å²) >= 11 is 12.0. The van der Waals surface area contributed by atoms with Gasteiger partial charge in [0.25, 0.3) is 17.5 Å². The normalized spacial score (nSPS) is 15.2. The molecule has 4 amide bonds. The van der Waals surface area contributed by atoms with Gasteiger partial charge >= 0.3 is 6.03 Å².